The summed E-state index contributed by atoms with van der Waals surface area (Å²) in [5.41, 5.74) is 0. The summed E-state index contributed by atoms with van der Waals surface area (Å²) in [6.45, 7) is 7.41. The minimum absolute atomic E-state index is 0.0415. The third-order valence-electron chi connectivity index (χ3n) is 6.84. The molecule has 0 aliphatic heterocycles. The van der Waals surface area contributed by atoms with E-state index in [4.69, 9.17) is 4.74 Å². The second-order valence-electron chi connectivity index (χ2n) is 10.1. The molecule has 0 bridgehead atoms. The van der Waals surface area contributed by atoms with Gasteiger partial charge in [-0.1, -0.05) is 141 Å². The molecule has 1 atom stereocenters. The number of carbonyl (C=O) groups excluding carboxylic acids is 1. The predicted octanol–water partition coefficient (Wildman–Crippen LogP) is 9.57. The maximum Gasteiger partial charge on any atom is 0.307 e. The molecule has 0 aromatic heterocycles. The Labute approximate surface area is 217 Å². The average Bonchev–Trinajstić information content (AvgIpc) is 2.84. The second kappa shape index (κ2) is 27.0. The lowest BCUT2D eigenvalue weighted by molar-refractivity contribution is -0.151. The number of esters is 1. The number of rotatable bonds is 28. The highest BCUT2D eigenvalue weighted by atomic mass is 16.5. The standard InChI is InChI=1S/C31H56O4/c1-3-5-6-7-8-9-10-11-12-13-14-15-16-17-18-19-20-21-22-23-24-25-26-29(31(33)34)28-30(32)35-27-4-2/h3-4,29H,1-2,5-28H2,(H,33,34). The first-order valence-electron chi connectivity index (χ1n) is 14.7. The van der Waals surface area contributed by atoms with E-state index in [1.807, 2.05) is 6.08 Å². The maximum absolute atomic E-state index is 11.6. The number of carbonyl (C=O) groups is 2. The van der Waals surface area contributed by atoms with Crippen molar-refractivity contribution in [3.05, 3.63) is 25.3 Å². The van der Waals surface area contributed by atoms with Crippen molar-refractivity contribution >= 4 is 11.9 Å². The number of allylic oxidation sites excluding steroid dienone is 1. The molecule has 0 aromatic carbocycles. The van der Waals surface area contributed by atoms with Gasteiger partial charge in [-0.25, -0.2) is 0 Å². The van der Waals surface area contributed by atoms with E-state index in [0.717, 1.165) is 19.3 Å². The van der Waals surface area contributed by atoms with E-state index < -0.39 is 17.9 Å². The fourth-order valence-electron chi connectivity index (χ4n) is 4.59. The van der Waals surface area contributed by atoms with Crippen molar-refractivity contribution in [3.63, 3.8) is 0 Å². The lowest BCUT2D eigenvalue weighted by atomic mass is 9.97. The molecule has 0 saturated carbocycles. The van der Waals surface area contributed by atoms with E-state index in [-0.39, 0.29) is 13.0 Å². The van der Waals surface area contributed by atoms with Crippen LogP contribution < -0.4 is 0 Å². The fourth-order valence-corrected chi connectivity index (χ4v) is 4.59. The molecule has 0 fully saturated rings. The van der Waals surface area contributed by atoms with Gasteiger partial charge >= 0.3 is 11.9 Å². The maximum atomic E-state index is 11.6. The van der Waals surface area contributed by atoms with E-state index in [2.05, 4.69) is 13.2 Å². The van der Waals surface area contributed by atoms with Crippen molar-refractivity contribution in [3.8, 4) is 0 Å². The summed E-state index contributed by atoms with van der Waals surface area (Å²) in [5.74, 6) is -1.98. The Hall–Kier alpha value is -1.58. The molecule has 0 aliphatic rings. The number of carboxylic acids is 1. The lowest BCUT2D eigenvalue weighted by Crippen LogP contribution is -2.19. The van der Waals surface area contributed by atoms with Crippen LogP contribution in [0.1, 0.15) is 148 Å². The summed E-state index contributed by atoms with van der Waals surface area (Å²) in [7, 11) is 0. The molecule has 4 nitrogen and oxygen atoms in total. The van der Waals surface area contributed by atoms with Crippen LogP contribution in [0.3, 0.4) is 0 Å². The fraction of sp³-hybridized carbons (Fsp3) is 0.806. The molecule has 1 N–H and O–H groups in total. The highest BCUT2D eigenvalue weighted by molar-refractivity contribution is 5.78. The molecule has 1 unspecified atom stereocenters. The summed E-state index contributed by atoms with van der Waals surface area (Å²) in [6, 6.07) is 0. The number of carboxylic acid groups (broad SMARTS) is 1. The van der Waals surface area contributed by atoms with Gasteiger partial charge in [0, 0.05) is 0 Å². The van der Waals surface area contributed by atoms with Gasteiger partial charge in [-0.05, 0) is 19.3 Å². The average molecular weight is 493 g/mol. The Bertz CT molecular complexity index is 514. The van der Waals surface area contributed by atoms with Gasteiger partial charge in [-0.2, -0.15) is 0 Å². The highest BCUT2D eigenvalue weighted by Gasteiger charge is 2.21. The SMILES string of the molecule is C=CCCCCCCCCCCCCCCCCCCCCCCC(CC(=O)OCC=C)C(=O)O. The number of hydrogen-bond acceptors (Lipinski definition) is 3. The third kappa shape index (κ3) is 25.3. The molecule has 0 rings (SSSR count). The molecular formula is C31H56O4. The largest absolute Gasteiger partial charge is 0.481 e. The molecule has 0 heterocycles. The highest BCUT2D eigenvalue weighted by Crippen LogP contribution is 2.18. The number of aliphatic carboxylic acids is 1. The van der Waals surface area contributed by atoms with Gasteiger partial charge in [0.2, 0.25) is 0 Å². The minimum Gasteiger partial charge on any atom is -0.481 e. The van der Waals surface area contributed by atoms with E-state index in [0.29, 0.717) is 6.42 Å². The third-order valence-corrected chi connectivity index (χ3v) is 6.84. The van der Waals surface area contributed by atoms with Crippen LogP contribution in [0, 0.1) is 5.92 Å². The summed E-state index contributed by atoms with van der Waals surface area (Å²) in [6.07, 6.45) is 31.6. The number of ether oxygens (including phenoxy) is 1. The first-order chi connectivity index (χ1) is 17.1. The van der Waals surface area contributed by atoms with Crippen molar-refractivity contribution < 1.29 is 19.4 Å². The zero-order valence-electron chi connectivity index (χ0n) is 22.8. The summed E-state index contributed by atoms with van der Waals surface area (Å²) in [4.78, 5) is 22.9. The van der Waals surface area contributed by atoms with Crippen LogP contribution in [-0.2, 0) is 14.3 Å². The molecule has 0 saturated heterocycles. The van der Waals surface area contributed by atoms with Gasteiger partial charge in [0.25, 0.3) is 0 Å². The van der Waals surface area contributed by atoms with Crippen molar-refractivity contribution in [1.82, 2.24) is 0 Å². The van der Waals surface area contributed by atoms with Gasteiger partial charge in [0.1, 0.15) is 6.61 Å². The van der Waals surface area contributed by atoms with Gasteiger partial charge in [0.15, 0.2) is 0 Å². The topological polar surface area (TPSA) is 63.6 Å². The molecule has 0 aromatic rings. The van der Waals surface area contributed by atoms with E-state index in [1.165, 1.54) is 122 Å². The summed E-state index contributed by atoms with van der Waals surface area (Å²) in [5, 5.41) is 9.29. The monoisotopic (exact) mass is 492 g/mol. The van der Waals surface area contributed by atoms with Crippen LogP contribution in [0.5, 0.6) is 0 Å². The predicted molar refractivity (Wildman–Crippen MR) is 149 cm³/mol. The number of unbranched alkanes of at least 4 members (excludes halogenated alkanes) is 20. The first kappa shape index (κ1) is 33.4. The van der Waals surface area contributed by atoms with Crippen molar-refractivity contribution in [2.75, 3.05) is 6.61 Å². The van der Waals surface area contributed by atoms with Crippen LogP contribution in [0.15, 0.2) is 25.3 Å². The summed E-state index contributed by atoms with van der Waals surface area (Å²) < 4.78 is 4.90. The van der Waals surface area contributed by atoms with Gasteiger partial charge < -0.3 is 9.84 Å². The molecule has 35 heavy (non-hydrogen) atoms. The van der Waals surface area contributed by atoms with Gasteiger partial charge in [-0.15, -0.1) is 6.58 Å². The van der Waals surface area contributed by atoms with Crippen LogP contribution in [0.25, 0.3) is 0 Å². The Balaban J connectivity index is 3.32. The van der Waals surface area contributed by atoms with Crippen LogP contribution in [0.2, 0.25) is 0 Å². The Morgan fingerprint density at radius 1 is 0.600 bits per heavy atom. The molecule has 0 radical (unpaired) electrons. The normalized spacial score (nSPS) is 11.8. The Morgan fingerprint density at radius 2 is 0.971 bits per heavy atom. The quantitative estimate of drug-likeness (QED) is 0.0670. The van der Waals surface area contributed by atoms with Crippen molar-refractivity contribution in [2.45, 2.75) is 148 Å². The Morgan fingerprint density at radius 3 is 1.31 bits per heavy atom. The van der Waals surface area contributed by atoms with E-state index in [1.54, 1.807) is 0 Å². The summed E-state index contributed by atoms with van der Waals surface area (Å²) >= 11 is 0. The lowest BCUT2D eigenvalue weighted by Gasteiger charge is -2.11. The Kier molecular flexibility index (Phi) is 25.8. The van der Waals surface area contributed by atoms with Crippen molar-refractivity contribution in [2.24, 2.45) is 5.92 Å². The van der Waals surface area contributed by atoms with Crippen LogP contribution >= 0.6 is 0 Å². The molecule has 0 spiro atoms. The molecular weight excluding hydrogens is 436 g/mol. The van der Waals surface area contributed by atoms with Gasteiger partial charge in [0.05, 0.1) is 12.3 Å². The van der Waals surface area contributed by atoms with Crippen LogP contribution in [-0.4, -0.2) is 23.7 Å². The van der Waals surface area contributed by atoms with E-state index in [9.17, 15) is 14.7 Å². The minimum atomic E-state index is -0.901. The zero-order valence-corrected chi connectivity index (χ0v) is 22.8. The van der Waals surface area contributed by atoms with Crippen LogP contribution in [0.4, 0.5) is 0 Å². The first-order valence-corrected chi connectivity index (χ1v) is 14.7. The zero-order chi connectivity index (χ0) is 25.8. The number of hydrogen-bond donors (Lipinski definition) is 1. The molecule has 0 aliphatic carbocycles. The molecule has 0 amide bonds. The molecule has 4 heteroatoms. The second-order valence-corrected chi connectivity index (χ2v) is 10.1. The van der Waals surface area contributed by atoms with Gasteiger partial charge in [-0.3, -0.25) is 9.59 Å². The van der Waals surface area contributed by atoms with E-state index >= 15 is 0 Å². The smallest absolute Gasteiger partial charge is 0.307 e. The molecule has 204 valence electrons. The van der Waals surface area contributed by atoms with Crippen molar-refractivity contribution in [1.29, 1.82) is 0 Å².